The first kappa shape index (κ1) is 16.0. The molecule has 1 aromatic heterocycles. The smallest absolute Gasteiger partial charge is 0.335 e. The van der Waals surface area contributed by atoms with Gasteiger partial charge in [-0.05, 0) is 35.9 Å². The van der Waals surface area contributed by atoms with Gasteiger partial charge in [0.05, 0.1) is 11.3 Å². The maximum absolute atomic E-state index is 11.2. The van der Waals surface area contributed by atoms with Gasteiger partial charge in [0.2, 0.25) is 0 Å². The van der Waals surface area contributed by atoms with Crippen molar-refractivity contribution in [1.82, 2.24) is 4.98 Å². The van der Waals surface area contributed by atoms with Gasteiger partial charge in [-0.15, -0.1) is 0 Å². The van der Waals surface area contributed by atoms with Crippen molar-refractivity contribution in [3.8, 4) is 34.2 Å². The molecule has 6 nitrogen and oxygen atoms in total. The number of nitrogens with two attached hydrogens (primary N) is 1. The number of hydrogen-bond donors (Lipinski definition) is 3. The van der Waals surface area contributed by atoms with Crippen molar-refractivity contribution in [3.05, 3.63) is 65.7 Å². The summed E-state index contributed by atoms with van der Waals surface area (Å²) in [5.41, 5.74) is 8.02. The summed E-state index contributed by atoms with van der Waals surface area (Å²) in [6.45, 7) is 0. The second-order valence-electron chi connectivity index (χ2n) is 5.33. The van der Waals surface area contributed by atoms with Crippen molar-refractivity contribution < 1.29 is 15.0 Å². The van der Waals surface area contributed by atoms with Gasteiger partial charge in [-0.1, -0.05) is 24.3 Å². The molecule has 0 saturated heterocycles. The van der Waals surface area contributed by atoms with Crippen molar-refractivity contribution in [1.29, 1.82) is 5.26 Å². The number of nitriles is 1. The molecule has 0 amide bonds. The molecule has 122 valence electrons. The van der Waals surface area contributed by atoms with Crippen LogP contribution in [0.15, 0.2) is 54.6 Å². The van der Waals surface area contributed by atoms with Crippen molar-refractivity contribution in [3.63, 3.8) is 0 Å². The maximum atomic E-state index is 11.2. The van der Waals surface area contributed by atoms with Crippen LogP contribution in [0, 0.1) is 11.3 Å². The van der Waals surface area contributed by atoms with Crippen LogP contribution in [0.25, 0.3) is 22.4 Å². The van der Waals surface area contributed by atoms with Crippen molar-refractivity contribution in [2.45, 2.75) is 0 Å². The van der Waals surface area contributed by atoms with Crippen LogP contribution in [0.5, 0.6) is 5.75 Å². The summed E-state index contributed by atoms with van der Waals surface area (Å²) in [5.74, 6) is -1.02. The largest absolute Gasteiger partial charge is 0.507 e. The highest BCUT2D eigenvalue weighted by atomic mass is 16.4. The molecule has 0 fully saturated rings. The van der Waals surface area contributed by atoms with Gasteiger partial charge >= 0.3 is 5.97 Å². The minimum absolute atomic E-state index is 0.0129. The van der Waals surface area contributed by atoms with Crippen molar-refractivity contribution in [2.24, 2.45) is 0 Å². The van der Waals surface area contributed by atoms with E-state index in [9.17, 15) is 20.3 Å². The second-order valence-corrected chi connectivity index (χ2v) is 5.33. The number of phenolic OH excluding ortho intramolecular Hbond substituents is 1. The zero-order valence-electron chi connectivity index (χ0n) is 13.0. The number of aromatic carboxylic acids is 1. The number of carboxylic acid groups (broad SMARTS) is 1. The molecule has 0 bridgehead atoms. The minimum atomic E-state index is -1.07. The average molecular weight is 331 g/mol. The first-order valence-electron chi connectivity index (χ1n) is 7.34. The van der Waals surface area contributed by atoms with Gasteiger partial charge in [-0.3, -0.25) is 0 Å². The molecule has 2 aromatic carbocycles. The molecule has 3 aromatic rings. The highest BCUT2D eigenvalue weighted by Gasteiger charge is 2.16. The molecule has 0 aliphatic rings. The number of para-hydroxylation sites is 1. The first-order valence-corrected chi connectivity index (χ1v) is 7.34. The molecule has 0 saturated carbocycles. The normalized spacial score (nSPS) is 10.2. The molecular formula is C19H13N3O3. The Bertz CT molecular complexity index is 1020. The second kappa shape index (κ2) is 6.34. The topological polar surface area (TPSA) is 120 Å². The summed E-state index contributed by atoms with van der Waals surface area (Å²) < 4.78 is 0. The van der Waals surface area contributed by atoms with Crippen LogP contribution in [0.2, 0.25) is 0 Å². The van der Waals surface area contributed by atoms with Crippen LogP contribution in [0.1, 0.15) is 15.9 Å². The number of hydrogen-bond acceptors (Lipinski definition) is 5. The van der Waals surface area contributed by atoms with Crippen molar-refractivity contribution >= 4 is 11.8 Å². The lowest BCUT2D eigenvalue weighted by Gasteiger charge is -2.11. The van der Waals surface area contributed by atoms with Crippen LogP contribution in [-0.4, -0.2) is 21.2 Å². The lowest BCUT2D eigenvalue weighted by molar-refractivity contribution is 0.0697. The summed E-state index contributed by atoms with van der Waals surface area (Å²) in [6, 6.07) is 16.5. The Morgan fingerprint density at radius 3 is 2.52 bits per heavy atom. The van der Waals surface area contributed by atoms with E-state index in [1.807, 2.05) is 6.07 Å². The number of carbonyl (C=O) groups is 1. The summed E-state index contributed by atoms with van der Waals surface area (Å²) >= 11 is 0. The zero-order chi connectivity index (χ0) is 18.0. The minimum Gasteiger partial charge on any atom is -0.507 e. The third-order valence-electron chi connectivity index (χ3n) is 3.76. The fourth-order valence-corrected chi connectivity index (χ4v) is 2.56. The molecule has 0 radical (unpaired) electrons. The van der Waals surface area contributed by atoms with Crippen LogP contribution < -0.4 is 5.73 Å². The molecule has 0 spiro atoms. The van der Waals surface area contributed by atoms with Gasteiger partial charge in [0, 0.05) is 11.1 Å². The predicted molar refractivity (Wildman–Crippen MR) is 92.9 cm³/mol. The molecule has 0 aliphatic carbocycles. The quantitative estimate of drug-likeness (QED) is 0.677. The standard InChI is InChI=1S/C19H13N3O3/c20-10-15-14(11-4-3-5-12(8-11)19(24)25)9-16(22-18(15)21)13-6-1-2-7-17(13)23/h1-9,23H,(H2,21,22)(H,24,25). The number of nitrogens with zero attached hydrogens (tertiary/aromatic N) is 2. The van der Waals surface area contributed by atoms with E-state index in [1.54, 1.807) is 36.4 Å². The average Bonchev–Trinajstić information content (AvgIpc) is 2.61. The maximum Gasteiger partial charge on any atom is 0.335 e. The molecule has 3 rings (SSSR count). The first-order chi connectivity index (χ1) is 12.0. The van der Waals surface area contributed by atoms with E-state index in [2.05, 4.69) is 4.98 Å². The van der Waals surface area contributed by atoms with E-state index in [0.29, 0.717) is 22.4 Å². The number of nitrogen functional groups attached to an aromatic ring is 1. The Labute approximate surface area is 143 Å². The zero-order valence-corrected chi connectivity index (χ0v) is 13.0. The molecule has 1 heterocycles. The Balaban J connectivity index is 2.26. The van der Waals surface area contributed by atoms with E-state index in [0.717, 1.165) is 0 Å². The van der Waals surface area contributed by atoms with E-state index >= 15 is 0 Å². The lowest BCUT2D eigenvalue weighted by Crippen LogP contribution is -2.01. The molecule has 4 N–H and O–H groups in total. The number of rotatable bonds is 3. The number of carboxylic acids is 1. The van der Waals surface area contributed by atoms with Gasteiger partial charge in [-0.2, -0.15) is 5.26 Å². The molecule has 0 aliphatic heterocycles. The Morgan fingerprint density at radius 2 is 1.84 bits per heavy atom. The summed E-state index contributed by atoms with van der Waals surface area (Å²) in [4.78, 5) is 15.4. The fourth-order valence-electron chi connectivity index (χ4n) is 2.56. The highest BCUT2D eigenvalue weighted by Crippen LogP contribution is 2.34. The predicted octanol–water partition coefficient (Wildman–Crippen LogP) is 3.27. The number of benzene rings is 2. The lowest BCUT2D eigenvalue weighted by atomic mass is 9.97. The van der Waals surface area contributed by atoms with Gasteiger partial charge in [0.1, 0.15) is 23.2 Å². The van der Waals surface area contributed by atoms with Crippen LogP contribution >= 0.6 is 0 Å². The molecule has 0 unspecified atom stereocenters. The monoisotopic (exact) mass is 331 g/mol. The Morgan fingerprint density at radius 1 is 1.08 bits per heavy atom. The van der Waals surface area contributed by atoms with Crippen LogP contribution in [0.3, 0.4) is 0 Å². The van der Waals surface area contributed by atoms with Crippen LogP contribution in [0.4, 0.5) is 5.82 Å². The Kier molecular flexibility index (Phi) is 4.06. The molecule has 6 heteroatoms. The number of aromatic nitrogens is 1. The van der Waals surface area contributed by atoms with E-state index < -0.39 is 5.97 Å². The third kappa shape index (κ3) is 2.99. The van der Waals surface area contributed by atoms with Gasteiger partial charge in [0.25, 0.3) is 0 Å². The van der Waals surface area contributed by atoms with E-state index in [4.69, 9.17) is 5.73 Å². The number of phenols is 1. The van der Waals surface area contributed by atoms with Crippen molar-refractivity contribution in [2.75, 3.05) is 5.73 Å². The molecular weight excluding hydrogens is 318 g/mol. The third-order valence-corrected chi connectivity index (χ3v) is 3.76. The number of anilines is 1. The summed E-state index contributed by atoms with van der Waals surface area (Å²) in [7, 11) is 0. The van der Waals surface area contributed by atoms with Gasteiger partial charge in [-0.25, -0.2) is 9.78 Å². The van der Waals surface area contributed by atoms with Gasteiger partial charge < -0.3 is 15.9 Å². The van der Waals surface area contributed by atoms with E-state index in [-0.39, 0.29) is 22.7 Å². The van der Waals surface area contributed by atoms with Gasteiger partial charge in [0.15, 0.2) is 0 Å². The SMILES string of the molecule is N#Cc1c(-c2cccc(C(=O)O)c2)cc(-c2ccccc2O)nc1N. The molecule has 25 heavy (non-hydrogen) atoms. The van der Waals surface area contributed by atoms with E-state index in [1.165, 1.54) is 18.2 Å². The highest BCUT2D eigenvalue weighted by molar-refractivity contribution is 5.90. The number of pyridine rings is 1. The number of aromatic hydroxyl groups is 1. The molecule has 0 atom stereocenters. The summed E-state index contributed by atoms with van der Waals surface area (Å²) in [5, 5.41) is 28.6. The Hall–Kier alpha value is -3.85. The van der Waals surface area contributed by atoms with Crippen LogP contribution in [-0.2, 0) is 0 Å². The summed E-state index contributed by atoms with van der Waals surface area (Å²) in [6.07, 6.45) is 0. The fraction of sp³-hybridized carbons (Fsp3) is 0.